The smallest absolute Gasteiger partial charge is 0.206 e. The summed E-state index contributed by atoms with van der Waals surface area (Å²) < 4.78 is 25.4. The molecule has 1 aromatic heterocycles. The number of carbonyl (C=O) groups excluding carboxylic acids is 1. The minimum Gasteiger partial charge on any atom is -0.508 e. The summed E-state index contributed by atoms with van der Waals surface area (Å²) in [6.07, 6.45) is 5.32. The molecule has 6 heteroatoms. The van der Waals surface area contributed by atoms with Crippen LogP contribution in [0.25, 0.3) is 10.1 Å². The van der Waals surface area contributed by atoms with Crippen molar-refractivity contribution < 1.29 is 23.8 Å². The fourth-order valence-corrected chi connectivity index (χ4v) is 5.84. The third kappa shape index (κ3) is 5.54. The summed E-state index contributed by atoms with van der Waals surface area (Å²) in [6, 6.07) is 21.5. The van der Waals surface area contributed by atoms with Gasteiger partial charge in [-0.15, -0.1) is 11.3 Å². The van der Waals surface area contributed by atoms with E-state index >= 15 is 0 Å². The number of benzene rings is 3. The highest BCUT2D eigenvalue weighted by Gasteiger charge is 2.28. The fourth-order valence-electron chi connectivity index (χ4n) is 4.72. The molecule has 0 amide bonds. The third-order valence-electron chi connectivity index (χ3n) is 6.74. The van der Waals surface area contributed by atoms with Crippen LogP contribution in [0, 0.1) is 11.8 Å². The number of phenols is 1. The molecule has 1 saturated carbocycles. The zero-order valence-corrected chi connectivity index (χ0v) is 20.8. The van der Waals surface area contributed by atoms with Crippen molar-refractivity contribution in [2.45, 2.75) is 32.1 Å². The highest BCUT2D eigenvalue weighted by Crippen LogP contribution is 2.43. The van der Waals surface area contributed by atoms with Gasteiger partial charge in [0.2, 0.25) is 5.78 Å². The second kappa shape index (κ2) is 11.1. The van der Waals surface area contributed by atoms with Crippen molar-refractivity contribution in [1.82, 2.24) is 0 Å². The molecular weight excluding hydrogens is 475 g/mol. The number of fused-ring (bicyclic) bond motifs is 1. The average molecular weight is 505 g/mol. The van der Waals surface area contributed by atoms with E-state index in [0.29, 0.717) is 40.4 Å². The molecule has 0 spiro atoms. The summed E-state index contributed by atoms with van der Waals surface area (Å²) in [5.74, 6) is 2.88. The molecule has 0 bridgehead atoms. The van der Waals surface area contributed by atoms with Crippen LogP contribution in [-0.2, 0) is 0 Å². The highest BCUT2D eigenvalue weighted by atomic mass is 32.1. The molecule has 1 heterocycles. The zero-order valence-electron chi connectivity index (χ0n) is 20.0. The fraction of sp³-hybridized carbons (Fsp3) is 0.300. The van der Waals surface area contributed by atoms with Gasteiger partial charge in [0.15, 0.2) is 5.75 Å². The average Bonchev–Trinajstić information content (AvgIpc) is 3.23. The van der Waals surface area contributed by atoms with Gasteiger partial charge in [-0.2, -0.15) is 0 Å². The maximum absolute atomic E-state index is 13.3. The predicted molar refractivity (Wildman–Crippen MR) is 141 cm³/mol. The summed E-state index contributed by atoms with van der Waals surface area (Å²) in [7, 11) is 0. The van der Waals surface area contributed by atoms with Crippen molar-refractivity contribution in [2.24, 2.45) is 11.8 Å². The van der Waals surface area contributed by atoms with Crippen LogP contribution < -0.4 is 9.47 Å². The van der Waals surface area contributed by atoms with E-state index in [9.17, 15) is 14.3 Å². The molecular formula is C30H29FO4S. The first-order chi connectivity index (χ1) is 17.6. The van der Waals surface area contributed by atoms with E-state index in [1.165, 1.54) is 11.3 Å². The number of hydrogen-bond donors (Lipinski definition) is 1. The van der Waals surface area contributed by atoms with Crippen LogP contribution in [0.4, 0.5) is 4.39 Å². The van der Waals surface area contributed by atoms with Crippen molar-refractivity contribution in [2.75, 3.05) is 13.3 Å². The van der Waals surface area contributed by atoms with E-state index in [1.54, 1.807) is 30.3 Å². The van der Waals surface area contributed by atoms with E-state index in [1.807, 2.05) is 42.5 Å². The van der Waals surface area contributed by atoms with E-state index in [2.05, 4.69) is 0 Å². The minimum absolute atomic E-state index is 0.117. The number of halogens is 1. The quantitative estimate of drug-likeness (QED) is 0.165. The van der Waals surface area contributed by atoms with Crippen molar-refractivity contribution in [3.05, 3.63) is 83.2 Å². The number of ketones is 1. The Hall–Kier alpha value is -3.38. The molecule has 4 aromatic rings. The molecule has 1 N–H and O–H groups in total. The van der Waals surface area contributed by atoms with E-state index in [0.717, 1.165) is 47.9 Å². The van der Waals surface area contributed by atoms with E-state index in [4.69, 9.17) is 9.47 Å². The second-order valence-electron chi connectivity index (χ2n) is 9.41. The third-order valence-corrected chi connectivity index (χ3v) is 7.87. The molecule has 5 rings (SSSR count). The van der Waals surface area contributed by atoms with Gasteiger partial charge in [0.1, 0.15) is 22.1 Å². The molecule has 0 radical (unpaired) electrons. The number of alkyl halides is 1. The monoisotopic (exact) mass is 504 g/mol. The predicted octanol–water partition coefficient (Wildman–Crippen LogP) is 8.18. The van der Waals surface area contributed by atoms with Crippen LogP contribution in [0.1, 0.15) is 47.3 Å². The Morgan fingerprint density at radius 1 is 0.944 bits per heavy atom. The number of carbonyl (C=O) groups is 1. The number of thiophene rings is 1. The molecule has 0 saturated heterocycles. The summed E-state index contributed by atoms with van der Waals surface area (Å²) in [4.78, 5) is 13.8. The molecule has 4 nitrogen and oxygen atoms in total. The summed E-state index contributed by atoms with van der Waals surface area (Å²) in [5.41, 5.74) is 0.585. The molecule has 1 aliphatic rings. The Balaban J connectivity index is 1.23. The lowest BCUT2D eigenvalue weighted by atomic mass is 9.73. The van der Waals surface area contributed by atoms with Crippen molar-refractivity contribution in [3.63, 3.8) is 0 Å². The van der Waals surface area contributed by atoms with Gasteiger partial charge in [-0.25, -0.2) is 0 Å². The van der Waals surface area contributed by atoms with E-state index in [-0.39, 0.29) is 18.2 Å². The number of aromatic hydroxyl groups is 1. The first-order valence-corrected chi connectivity index (χ1v) is 13.2. The molecule has 186 valence electrons. The number of phenolic OH excluding ortho intramolecular Hbond substituents is 1. The Morgan fingerprint density at radius 3 is 2.44 bits per heavy atom. The molecule has 1 fully saturated rings. The Kier molecular flexibility index (Phi) is 7.52. The second-order valence-corrected chi connectivity index (χ2v) is 10.5. The van der Waals surface area contributed by atoms with Crippen LogP contribution in [0.5, 0.6) is 23.0 Å². The van der Waals surface area contributed by atoms with Crippen molar-refractivity contribution in [3.8, 4) is 23.0 Å². The Morgan fingerprint density at radius 2 is 1.69 bits per heavy atom. The summed E-state index contributed by atoms with van der Waals surface area (Å²) >= 11 is 1.31. The molecule has 0 unspecified atom stereocenters. The van der Waals surface area contributed by atoms with Crippen LogP contribution in [0.2, 0.25) is 0 Å². The van der Waals surface area contributed by atoms with Crippen LogP contribution >= 0.6 is 11.3 Å². The molecule has 3 aromatic carbocycles. The van der Waals surface area contributed by atoms with Gasteiger partial charge >= 0.3 is 0 Å². The molecule has 0 aliphatic heterocycles. The van der Waals surface area contributed by atoms with Gasteiger partial charge < -0.3 is 14.6 Å². The SMILES string of the molecule is O=C(c1ccccc1)c1sc2cc(O)ccc2c1Oc1ccc(OCCCCC2CC(CF)C2)cc1. The van der Waals surface area contributed by atoms with Gasteiger partial charge in [-0.3, -0.25) is 9.18 Å². The normalized spacial score (nSPS) is 17.0. The largest absolute Gasteiger partial charge is 0.508 e. The molecule has 0 atom stereocenters. The number of unbranched alkanes of at least 4 members (excludes halogenated alkanes) is 1. The van der Waals surface area contributed by atoms with Crippen molar-refractivity contribution in [1.29, 1.82) is 0 Å². The first kappa shape index (κ1) is 24.3. The van der Waals surface area contributed by atoms with Gasteiger partial charge in [0.05, 0.1) is 13.3 Å². The number of hydrogen-bond acceptors (Lipinski definition) is 5. The van der Waals surface area contributed by atoms with Gasteiger partial charge in [-0.05, 0) is 80.0 Å². The number of ether oxygens (including phenoxy) is 2. The lowest BCUT2D eigenvalue weighted by Crippen LogP contribution is -2.25. The Bertz CT molecular complexity index is 1310. The van der Waals surface area contributed by atoms with Crippen LogP contribution in [0.15, 0.2) is 72.8 Å². The maximum atomic E-state index is 13.3. The van der Waals surface area contributed by atoms with Gasteiger partial charge in [0.25, 0.3) is 0 Å². The lowest BCUT2D eigenvalue weighted by Gasteiger charge is -2.33. The zero-order chi connectivity index (χ0) is 24.9. The standard InChI is InChI=1S/C30H29FO4S/c31-19-21-16-20(17-21)6-4-5-15-34-24-10-12-25(13-11-24)35-29-26-14-9-23(32)18-27(26)36-30(29)28(33)22-7-2-1-3-8-22/h1-3,7-14,18,20-21,32H,4-6,15-17,19H2. The van der Waals surface area contributed by atoms with Gasteiger partial charge in [-0.1, -0.05) is 36.8 Å². The summed E-state index contributed by atoms with van der Waals surface area (Å²) in [5, 5.41) is 10.7. The van der Waals surface area contributed by atoms with Gasteiger partial charge in [0, 0.05) is 15.6 Å². The first-order valence-electron chi connectivity index (χ1n) is 12.4. The summed E-state index contributed by atoms with van der Waals surface area (Å²) in [6.45, 7) is 0.476. The van der Waals surface area contributed by atoms with Crippen molar-refractivity contribution >= 4 is 27.2 Å². The van der Waals surface area contributed by atoms with Crippen LogP contribution in [0.3, 0.4) is 0 Å². The molecule has 1 aliphatic carbocycles. The maximum Gasteiger partial charge on any atom is 0.206 e. The molecule has 36 heavy (non-hydrogen) atoms. The van der Waals surface area contributed by atoms with E-state index < -0.39 is 0 Å². The topological polar surface area (TPSA) is 55.8 Å². The highest BCUT2D eigenvalue weighted by molar-refractivity contribution is 7.21. The van der Waals surface area contributed by atoms with Crippen LogP contribution in [-0.4, -0.2) is 24.2 Å². The lowest BCUT2D eigenvalue weighted by molar-refractivity contribution is 0.104. The number of rotatable bonds is 11. The minimum atomic E-state index is -0.170. The Labute approximate surface area is 214 Å².